The molecule has 1 nitrogen and oxygen atoms in total. The summed E-state index contributed by atoms with van der Waals surface area (Å²) in [5.41, 5.74) is 0. The fourth-order valence-corrected chi connectivity index (χ4v) is 1.83. The summed E-state index contributed by atoms with van der Waals surface area (Å²) in [6, 6.07) is 0. The van der Waals surface area contributed by atoms with Gasteiger partial charge in [0, 0.05) is 13.1 Å². The van der Waals surface area contributed by atoms with Gasteiger partial charge in [0.2, 0.25) is 0 Å². The van der Waals surface area contributed by atoms with E-state index in [4.69, 9.17) is 0 Å². The van der Waals surface area contributed by atoms with Gasteiger partial charge in [-0.25, -0.2) is 0 Å². The lowest BCUT2D eigenvalue weighted by Gasteiger charge is -2.19. The summed E-state index contributed by atoms with van der Waals surface area (Å²) in [6.45, 7) is 7.10. The zero-order valence-corrected chi connectivity index (χ0v) is 9.35. The van der Waals surface area contributed by atoms with Crippen molar-refractivity contribution >= 4 is 12.6 Å². The fourth-order valence-electron chi connectivity index (χ4n) is 1.72. The Morgan fingerprint density at radius 3 is 2.58 bits per heavy atom. The van der Waals surface area contributed by atoms with Crippen molar-refractivity contribution in [3.05, 3.63) is 0 Å². The molecular formula is C10H21NS. The molecule has 0 aromatic rings. The number of hydrogen-bond donors (Lipinski definition) is 1. The van der Waals surface area contributed by atoms with Crippen molar-refractivity contribution in [2.45, 2.75) is 20.3 Å². The van der Waals surface area contributed by atoms with Gasteiger partial charge in [-0.2, -0.15) is 12.6 Å². The molecule has 0 aliphatic heterocycles. The Labute approximate surface area is 81.9 Å². The Hall–Kier alpha value is 0.310. The van der Waals surface area contributed by atoms with Crippen LogP contribution < -0.4 is 0 Å². The second-order valence-corrected chi connectivity index (χ2v) is 4.85. The molecule has 0 heterocycles. The first-order valence-electron chi connectivity index (χ1n) is 4.93. The first-order chi connectivity index (χ1) is 5.63. The van der Waals surface area contributed by atoms with Gasteiger partial charge in [0.15, 0.2) is 0 Å². The highest BCUT2D eigenvalue weighted by Crippen LogP contribution is 2.37. The lowest BCUT2D eigenvalue weighted by Crippen LogP contribution is -2.27. The summed E-state index contributed by atoms with van der Waals surface area (Å²) in [6.07, 6.45) is 1.44. The van der Waals surface area contributed by atoms with Crippen LogP contribution in [0.3, 0.4) is 0 Å². The number of hydrogen-bond acceptors (Lipinski definition) is 2. The number of nitrogens with zero attached hydrogens (tertiary/aromatic N) is 1. The first kappa shape index (κ1) is 10.4. The fraction of sp³-hybridized carbons (Fsp3) is 1.00. The SMILES string of the molecule is CC(CS)CN(C)CC1CC1C. The molecule has 72 valence electrons. The predicted octanol–water partition coefficient (Wildman–Crippen LogP) is 2.14. The summed E-state index contributed by atoms with van der Waals surface area (Å²) in [4.78, 5) is 2.45. The highest BCUT2D eigenvalue weighted by atomic mass is 32.1. The molecular weight excluding hydrogens is 166 g/mol. The van der Waals surface area contributed by atoms with Crippen LogP contribution in [0.25, 0.3) is 0 Å². The van der Waals surface area contributed by atoms with Crippen LogP contribution in [0.15, 0.2) is 0 Å². The topological polar surface area (TPSA) is 3.24 Å². The molecule has 1 aliphatic rings. The van der Waals surface area contributed by atoms with Crippen LogP contribution in [0.4, 0.5) is 0 Å². The van der Waals surface area contributed by atoms with E-state index in [1.54, 1.807) is 0 Å². The van der Waals surface area contributed by atoms with E-state index in [0.717, 1.165) is 23.5 Å². The van der Waals surface area contributed by atoms with Gasteiger partial charge in [-0.3, -0.25) is 0 Å². The minimum absolute atomic E-state index is 0.729. The Balaban J connectivity index is 2.07. The molecule has 0 spiro atoms. The third-order valence-corrected chi connectivity index (χ3v) is 3.38. The quantitative estimate of drug-likeness (QED) is 0.645. The Bertz CT molecular complexity index is 132. The van der Waals surface area contributed by atoms with Crippen molar-refractivity contribution in [1.29, 1.82) is 0 Å². The minimum atomic E-state index is 0.729. The van der Waals surface area contributed by atoms with Crippen LogP contribution >= 0.6 is 12.6 Å². The largest absolute Gasteiger partial charge is 0.306 e. The molecule has 0 amide bonds. The molecule has 0 N–H and O–H groups in total. The lowest BCUT2D eigenvalue weighted by molar-refractivity contribution is 0.283. The summed E-state index contributed by atoms with van der Waals surface area (Å²) < 4.78 is 0. The van der Waals surface area contributed by atoms with Crippen molar-refractivity contribution in [3.8, 4) is 0 Å². The zero-order valence-electron chi connectivity index (χ0n) is 8.45. The van der Waals surface area contributed by atoms with Crippen molar-refractivity contribution in [1.82, 2.24) is 4.90 Å². The van der Waals surface area contributed by atoms with Crippen molar-refractivity contribution in [2.75, 3.05) is 25.9 Å². The molecule has 0 aromatic carbocycles. The van der Waals surface area contributed by atoms with Crippen molar-refractivity contribution < 1.29 is 0 Å². The van der Waals surface area contributed by atoms with Gasteiger partial charge in [-0.1, -0.05) is 13.8 Å². The average Bonchev–Trinajstić information content (AvgIpc) is 2.66. The van der Waals surface area contributed by atoms with Gasteiger partial charge in [-0.15, -0.1) is 0 Å². The maximum absolute atomic E-state index is 4.29. The van der Waals surface area contributed by atoms with Crippen LogP contribution in [0, 0.1) is 17.8 Å². The molecule has 0 saturated heterocycles. The first-order valence-corrected chi connectivity index (χ1v) is 5.56. The van der Waals surface area contributed by atoms with E-state index in [9.17, 15) is 0 Å². The third-order valence-electron chi connectivity index (χ3n) is 2.76. The van der Waals surface area contributed by atoms with E-state index < -0.39 is 0 Å². The lowest BCUT2D eigenvalue weighted by atomic mass is 10.2. The Morgan fingerprint density at radius 1 is 1.58 bits per heavy atom. The van der Waals surface area contributed by atoms with Gasteiger partial charge < -0.3 is 4.90 Å². The molecule has 0 bridgehead atoms. The molecule has 1 saturated carbocycles. The van der Waals surface area contributed by atoms with E-state index in [0.29, 0.717) is 0 Å². The van der Waals surface area contributed by atoms with E-state index >= 15 is 0 Å². The monoisotopic (exact) mass is 187 g/mol. The van der Waals surface area contributed by atoms with E-state index in [-0.39, 0.29) is 0 Å². The highest BCUT2D eigenvalue weighted by molar-refractivity contribution is 7.80. The van der Waals surface area contributed by atoms with Crippen molar-refractivity contribution in [2.24, 2.45) is 17.8 Å². The van der Waals surface area contributed by atoms with Crippen LogP contribution in [0.5, 0.6) is 0 Å². The molecule has 0 aromatic heterocycles. The van der Waals surface area contributed by atoms with Gasteiger partial charge in [-0.05, 0) is 37.0 Å². The van der Waals surface area contributed by atoms with Crippen molar-refractivity contribution in [3.63, 3.8) is 0 Å². The number of rotatable bonds is 5. The summed E-state index contributed by atoms with van der Waals surface area (Å²) in [7, 11) is 2.23. The second-order valence-electron chi connectivity index (χ2n) is 4.48. The van der Waals surface area contributed by atoms with Crippen LogP contribution in [-0.4, -0.2) is 30.8 Å². The van der Waals surface area contributed by atoms with Gasteiger partial charge in [0.05, 0.1) is 0 Å². The molecule has 0 radical (unpaired) electrons. The summed E-state index contributed by atoms with van der Waals surface area (Å²) in [5, 5.41) is 0. The van der Waals surface area contributed by atoms with Gasteiger partial charge >= 0.3 is 0 Å². The van der Waals surface area contributed by atoms with Gasteiger partial charge in [0.1, 0.15) is 0 Å². The molecule has 2 heteroatoms. The zero-order chi connectivity index (χ0) is 9.14. The third kappa shape index (κ3) is 3.36. The van der Waals surface area contributed by atoms with Crippen LogP contribution in [0.1, 0.15) is 20.3 Å². The maximum Gasteiger partial charge on any atom is 0.00119 e. The smallest absolute Gasteiger partial charge is 0.00119 e. The Morgan fingerprint density at radius 2 is 2.17 bits per heavy atom. The van der Waals surface area contributed by atoms with Crippen LogP contribution in [0.2, 0.25) is 0 Å². The molecule has 12 heavy (non-hydrogen) atoms. The average molecular weight is 187 g/mol. The normalized spacial score (nSPS) is 30.8. The Kier molecular flexibility index (Phi) is 3.91. The number of thiol groups is 1. The van der Waals surface area contributed by atoms with Crippen LogP contribution in [-0.2, 0) is 0 Å². The molecule has 3 atom stereocenters. The molecule has 1 rings (SSSR count). The molecule has 1 aliphatic carbocycles. The second kappa shape index (κ2) is 4.52. The highest BCUT2D eigenvalue weighted by Gasteiger charge is 2.33. The minimum Gasteiger partial charge on any atom is -0.306 e. The molecule has 3 unspecified atom stereocenters. The maximum atomic E-state index is 4.29. The van der Waals surface area contributed by atoms with E-state index in [1.807, 2.05) is 0 Å². The summed E-state index contributed by atoms with van der Waals surface area (Å²) >= 11 is 4.29. The molecule has 1 fully saturated rings. The van der Waals surface area contributed by atoms with Gasteiger partial charge in [0.25, 0.3) is 0 Å². The standard InChI is InChI=1S/C10H21NS/c1-8(7-12)5-11(3)6-10-4-9(10)2/h8-10,12H,4-7H2,1-3H3. The predicted molar refractivity (Wildman–Crippen MR) is 57.8 cm³/mol. The van der Waals surface area contributed by atoms with E-state index in [2.05, 4.69) is 38.4 Å². The summed E-state index contributed by atoms with van der Waals surface area (Å²) in [5.74, 6) is 3.71. The van der Waals surface area contributed by atoms with E-state index in [1.165, 1.54) is 19.5 Å².